The van der Waals surface area contributed by atoms with Crippen molar-refractivity contribution in [3.63, 3.8) is 0 Å². The Kier molecular flexibility index (Phi) is 11.1. The Balaban J connectivity index is 0.00000364. The Bertz CT molecular complexity index is 692. The molecular formula is C20H28ClIN4O. The topological polar surface area (TPSA) is 58.5 Å². The summed E-state index contributed by atoms with van der Waals surface area (Å²) in [6.45, 7) is 6.51. The Morgan fingerprint density at radius 1 is 1.19 bits per heavy atom. The number of aliphatic imine (C=N–C) groups is 1. The van der Waals surface area contributed by atoms with Crippen LogP contribution in [-0.2, 0) is 6.54 Å². The van der Waals surface area contributed by atoms with Gasteiger partial charge in [-0.3, -0.25) is 0 Å². The van der Waals surface area contributed by atoms with Gasteiger partial charge in [0.15, 0.2) is 5.96 Å². The molecule has 2 N–H and O–H groups in total. The monoisotopic (exact) mass is 502 g/mol. The normalized spacial score (nSPS) is 12.1. The maximum absolute atomic E-state index is 5.81. The molecule has 0 spiro atoms. The number of methoxy groups -OCH3 is 1. The highest BCUT2D eigenvalue weighted by atomic mass is 127. The lowest BCUT2D eigenvalue weighted by Crippen LogP contribution is -2.38. The second-order valence-corrected chi connectivity index (χ2v) is 6.46. The molecule has 1 atom stereocenters. The molecule has 7 heteroatoms. The molecule has 0 bridgehead atoms. The van der Waals surface area contributed by atoms with E-state index in [-0.39, 0.29) is 24.0 Å². The molecule has 0 saturated heterocycles. The Labute approximate surface area is 184 Å². The van der Waals surface area contributed by atoms with Crippen molar-refractivity contribution in [2.75, 3.05) is 20.2 Å². The summed E-state index contributed by atoms with van der Waals surface area (Å²) in [6.07, 6.45) is 2.76. The lowest BCUT2D eigenvalue weighted by molar-refractivity contribution is 0.414. The minimum atomic E-state index is 0. The van der Waals surface area contributed by atoms with E-state index in [2.05, 4.69) is 46.6 Å². The molecule has 0 amide bonds. The van der Waals surface area contributed by atoms with Crippen molar-refractivity contribution < 1.29 is 4.74 Å². The van der Waals surface area contributed by atoms with E-state index in [9.17, 15) is 0 Å². The molecular weight excluding hydrogens is 475 g/mol. The van der Waals surface area contributed by atoms with E-state index in [0.29, 0.717) is 17.6 Å². The van der Waals surface area contributed by atoms with Crippen LogP contribution in [0.1, 0.15) is 37.3 Å². The summed E-state index contributed by atoms with van der Waals surface area (Å²) in [4.78, 5) is 8.68. The van der Waals surface area contributed by atoms with Gasteiger partial charge in [-0.25, -0.2) is 9.98 Å². The summed E-state index contributed by atoms with van der Waals surface area (Å²) in [7, 11) is 1.68. The van der Waals surface area contributed by atoms with Gasteiger partial charge in [-0.15, -0.1) is 24.0 Å². The van der Waals surface area contributed by atoms with Gasteiger partial charge in [-0.05, 0) is 48.6 Å². The van der Waals surface area contributed by atoms with Gasteiger partial charge in [0, 0.05) is 19.3 Å². The lowest BCUT2D eigenvalue weighted by Gasteiger charge is -2.15. The average molecular weight is 503 g/mol. The third kappa shape index (κ3) is 8.34. The number of ether oxygens (including phenoxy) is 1. The molecule has 2 aromatic rings. The SMILES string of the molecule is CCNC(=NCc1ccc(Cl)nc1)NCCC(C)c1ccc(OC)cc1.I. The van der Waals surface area contributed by atoms with E-state index in [4.69, 9.17) is 16.3 Å². The number of benzene rings is 1. The Morgan fingerprint density at radius 3 is 2.52 bits per heavy atom. The fourth-order valence-electron chi connectivity index (χ4n) is 2.52. The molecule has 0 fully saturated rings. The zero-order chi connectivity index (χ0) is 18.8. The molecule has 0 aliphatic rings. The number of guanidine groups is 1. The predicted molar refractivity (Wildman–Crippen MR) is 124 cm³/mol. The van der Waals surface area contributed by atoms with E-state index < -0.39 is 0 Å². The first kappa shape index (κ1) is 23.5. The number of nitrogens with one attached hydrogen (secondary N) is 2. The smallest absolute Gasteiger partial charge is 0.191 e. The van der Waals surface area contributed by atoms with Gasteiger partial charge in [-0.1, -0.05) is 36.7 Å². The highest BCUT2D eigenvalue weighted by molar-refractivity contribution is 14.0. The zero-order valence-electron chi connectivity index (χ0n) is 16.0. The molecule has 27 heavy (non-hydrogen) atoms. The third-order valence-electron chi connectivity index (χ3n) is 4.11. The van der Waals surface area contributed by atoms with Crippen LogP contribution in [0.4, 0.5) is 0 Å². The van der Waals surface area contributed by atoms with Crippen molar-refractivity contribution in [1.29, 1.82) is 0 Å². The number of hydrogen-bond donors (Lipinski definition) is 2. The van der Waals surface area contributed by atoms with Crippen LogP contribution < -0.4 is 15.4 Å². The lowest BCUT2D eigenvalue weighted by atomic mass is 9.98. The summed E-state index contributed by atoms with van der Waals surface area (Å²) in [5, 5.41) is 7.16. The van der Waals surface area contributed by atoms with Crippen molar-refractivity contribution in [1.82, 2.24) is 15.6 Å². The largest absolute Gasteiger partial charge is 0.497 e. The van der Waals surface area contributed by atoms with E-state index >= 15 is 0 Å². The molecule has 1 heterocycles. The van der Waals surface area contributed by atoms with Gasteiger partial charge in [-0.2, -0.15) is 0 Å². The first-order valence-corrected chi connectivity index (χ1v) is 9.26. The number of aromatic nitrogens is 1. The van der Waals surface area contributed by atoms with Crippen LogP contribution in [0.2, 0.25) is 5.15 Å². The maximum atomic E-state index is 5.81. The van der Waals surface area contributed by atoms with Gasteiger partial charge in [0.25, 0.3) is 0 Å². The van der Waals surface area contributed by atoms with Crippen LogP contribution in [0.3, 0.4) is 0 Å². The number of nitrogens with zero attached hydrogens (tertiary/aromatic N) is 2. The second kappa shape index (κ2) is 12.8. The van der Waals surface area contributed by atoms with Gasteiger partial charge in [0.05, 0.1) is 13.7 Å². The van der Waals surface area contributed by atoms with E-state index in [1.54, 1.807) is 19.4 Å². The Morgan fingerprint density at radius 2 is 1.93 bits per heavy atom. The van der Waals surface area contributed by atoms with Gasteiger partial charge >= 0.3 is 0 Å². The molecule has 148 valence electrons. The zero-order valence-corrected chi connectivity index (χ0v) is 19.1. The molecule has 5 nitrogen and oxygen atoms in total. The van der Waals surface area contributed by atoms with Crippen molar-refractivity contribution >= 4 is 41.5 Å². The van der Waals surface area contributed by atoms with Crippen LogP contribution in [0, 0.1) is 0 Å². The van der Waals surface area contributed by atoms with Crippen molar-refractivity contribution in [2.24, 2.45) is 4.99 Å². The summed E-state index contributed by atoms with van der Waals surface area (Å²) < 4.78 is 5.21. The highest BCUT2D eigenvalue weighted by Gasteiger charge is 2.06. The minimum absolute atomic E-state index is 0. The fraction of sp³-hybridized carbons (Fsp3) is 0.400. The Hall–Kier alpha value is -1.54. The van der Waals surface area contributed by atoms with Gasteiger partial charge in [0.1, 0.15) is 10.9 Å². The molecule has 0 aliphatic heterocycles. The van der Waals surface area contributed by atoms with Crippen LogP contribution in [0.25, 0.3) is 0 Å². The number of halogens is 2. The van der Waals surface area contributed by atoms with Crippen LogP contribution in [0.15, 0.2) is 47.6 Å². The maximum Gasteiger partial charge on any atom is 0.191 e. The van der Waals surface area contributed by atoms with Crippen LogP contribution in [-0.4, -0.2) is 31.1 Å². The summed E-state index contributed by atoms with van der Waals surface area (Å²) in [6, 6.07) is 12.0. The summed E-state index contributed by atoms with van der Waals surface area (Å²) >= 11 is 5.81. The van der Waals surface area contributed by atoms with Crippen LogP contribution >= 0.6 is 35.6 Å². The molecule has 0 aliphatic carbocycles. The first-order chi connectivity index (χ1) is 12.6. The molecule has 0 radical (unpaired) electrons. The quantitative estimate of drug-likeness (QED) is 0.240. The van der Waals surface area contributed by atoms with Crippen molar-refractivity contribution in [3.05, 3.63) is 58.9 Å². The second-order valence-electron chi connectivity index (χ2n) is 6.07. The van der Waals surface area contributed by atoms with E-state index in [0.717, 1.165) is 36.8 Å². The van der Waals surface area contributed by atoms with E-state index in [1.165, 1.54) is 5.56 Å². The number of rotatable bonds is 8. The minimum Gasteiger partial charge on any atom is -0.497 e. The van der Waals surface area contributed by atoms with Gasteiger partial charge < -0.3 is 15.4 Å². The fourth-order valence-corrected chi connectivity index (χ4v) is 2.63. The molecule has 1 aromatic heterocycles. The number of hydrogen-bond acceptors (Lipinski definition) is 3. The first-order valence-electron chi connectivity index (χ1n) is 8.89. The molecule has 0 saturated carbocycles. The average Bonchev–Trinajstić information content (AvgIpc) is 2.67. The summed E-state index contributed by atoms with van der Waals surface area (Å²) in [5.41, 5.74) is 2.33. The molecule has 1 aromatic carbocycles. The van der Waals surface area contributed by atoms with E-state index in [1.807, 2.05) is 18.2 Å². The predicted octanol–water partition coefficient (Wildman–Crippen LogP) is 4.61. The highest BCUT2D eigenvalue weighted by Crippen LogP contribution is 2.21. The molecule has 2 rings (SSSR count). The molecule has 1 unspecified atom stereocenters. The summed E-state index contributed by atoms with van der Waals surface area (Å²) in [5.74, 6) is 2.15. The third-order valence-corrected chi connectivity index (χ3v) is 4.33. The standard InChI is InChI=1S/C20H27ClN4O.HI/c1-4-22-20(25-14-16-5-10-19(21)24-13-16)23-12-11-15(2)17-6-8-18(26-3)9-7-17;/h5-10,13,15H,4,11-12,14H2,1-3H3,(H2,22,23,25);1H. The van der Waals surface area contributed by atoms with Crippen molar-refractivity contribution in [2.45, 2.75) is 32.7 Å². The van der Waals surface area contributed by atoms with Gasteiger partial charge in [0.2, 0.25) is 0 Å². The van der Waals surface area contributed by atoms with Crippen LogP contribution in [0.5, 0.6) is 5.75 Å². The van der Waals surface area contributed by atoms with Crippen molar-refractivity contribution in [3.8, 4) is 5.75 Å². The number of pyridine rings is 1.